The average molecular weight is 347 g/mol. The van der Waals surface area contributed by atoms with Crippen LogP contribution in [0, 0.1) is 0 Å². The molecule has 0 aliphatic carbocycles. The SMILES string of the molecule is O=C1[C@@H]2C[C@@H](O)CN2C(=O)N1c1cnn(Cc2ccc(Cl)cc2)c1. The van der Waals surface area contributed by atoms with Gasteiger partial charge >= 0.3 is 6.03 Å². The second kappa shape index (κ2) is 5.61. The highest BCUT2D eigenvalue weighted by Gasteiger charge is 2.51. The summed E-state index contributed by atoms with van der Waals surface area (Å²) in [6.07, 6.45) is 2.84. The van der Waals surface area contributed by atoms with Gasteiger partial charge in [0.25, 0.3) is 5.91 Å². The molecule has 1 aromatic heterocycles. The Balaban J connectivity index is 1.54. The summed E-state index contributed by atoms with van der Waals surface area (Å²) in [4.78, 5) is 27.4. The number of carbonyl (C=O) groups is 2. The highest BCUT2D eigenvalue weighted by Crippen LogP contribution is 2.31. The fourth-order valence-corrected chi connectivity index (χ4v) is 3.33. The summed E-state index contributed by atoms with van der Waals surface area (Å²) in [5.41, 5.74) is 1.46. The van der Waals surface area contributed by atoms with Crippen LogP contribution in [0.5, 0.6) is 0 Å². The molecule has 7 nitrogen and oxygen atoms in total. The van der Waals surface area contributed by atoms with Crippen molar-refractivity contribution in [2.75, 3.05) is 11.4 Å². The molecule has 0 radical (unpaired) electrons. The fourth-order valence-electron chi connectivity index (χ4n) is 3.20. The largest absolute Gasteiger partial charge is 0.391 e. The topological polar surface area (TPSA) is 78.7 Å². The van der Waals surface area contributed by atoms with E-state index in [2.05, 4.69) is 5.10 Å². The van der Waals surface area contributed by atoms with Crippen LogP contribution in [0.1, 0.15) is 12.0 Å². The first-order valence-electron chi connectivity index (χ1n) is 7.62. The van der Waals surface area contributed by atoms with Gasteiger partial charge in [-0.2, -0.15) is 5.10 Å². The van der Waals surface area contributed by atoms with Crippen molar-refractivity contribution in [1.82, 2.24) is 14.7 Å². The molecule has 2 aromatic rings. The molecule has 124 valence electrons. The van der Waals surface area contributed by atoms with Crippen molar-refractivity contribution in [1.29, 1.82) is 0 Å². The normalized spacial score (nSPS) is 23.2. The lowest BCUT2D eigenvalue weighted by atomic mass is 10.2. The number of urea groups is 1. The molecule has 2 fully saturated rings. The Kier molecular flexibility index (Phi) is 3.54. The maximum atomic E-state index is 12.4. The second-order valence-electron chi connectivity index (χ2n) is 6.04. The Hall–Kier alpha value is -2.38. The molecular weight excluding hydrogens is 332 g/mol. The summed E-state index contributed by atoms with van der Waals surface area (Å²) in [5.74, 6) is -0.303. The number of nitrogens with zero attached hydrogens (tertiary/aromatic N) is 4. The first-order chi connectivity index (χ1) is 11.5. The smallest absolute Gasteiger partial charge is 0.332 e. The van der Waals surface area contributed by atoms with Crippen LogP contribution in [0.3, 0.4) is 0 Å². The van der Waals surface area contributed by atoms with Gasteiger partial charge in [0.1, 0.15) is 6.04 Å². The molecule has 0 spiro atoms. The van der Waals surface area contributed by atoms with Crippen LogP contribution in [0.25, 0.3) is 0 Å². The lowest BCUT2D eigenvalue weighted by molar-refractivity contribution is -0.119. The number of aliphatic hydroxyl groups is 1. The predicted molar refractivity (Wildman–Crippen MR) is 86.8 cm³/mol. The standard InChI is InChI=1S/C16H15ClN4O3/c17-11-3-1-10(2-4-11)7-19-8-12(6-18-19)21-15(23)14-5-13(22)9-20(14)16(21)24/h1-4,6,8,13-14,22H,5,7,9H2/t13-,14+/m1/s1. The molecular formula is C16H15ClN4O3. The number of rotatable bonds is 3. The predicted octanol–water partition coefficient (Wildman–Crippen LogP) is 1.49. The number of fused-ring (bicyclic) bond motifs is 1. The summed E-state index contributed by atoms with van der Waals surface area (Å²) in [7, 11) is 0. The monoisotopic (exact) mass is 346 g/mol. The van der Waals surface area contributed by atoms with Gasteiger partial charge in [-0.25, -0.2) is 9.69 Å². The van der Waals surface area contributed by atoms with Crippen molar-refractivity contribution < 1.29 is 14.7 Å². The van der Waals surface area contributed by atoms with Crippen molar-refractivity contribution in [3.05, 3.63) is 47.2 Å². The van der Waals surface area contributed by atoms with Crippen molar-refractivity contribution >= 4 is 29.2 Å². The van der Waals surface area contributed by atoms with Gasteiger partial charge < -0.3 is 10.0 Å². The molecule has 8 heteroatoms. The Morgan fingerprint density at radius 2 is 2.00 bits per heavy atom. The Labute approximate surface area is 143 Å². The summed E-state index contributed by atoms with van der Waals surface area (Å²) < 4.78 is 1.66. The van der Waals surface area contributed by atoms with Crippen LogP contribution in [-0.2, 0) is 11.3 Å². The van der Waals surface area contributed by atoms with E-state index in [0.29, 0.717) is 23.7 Å². The number of anilines is 1. The maximum absolute atomic E-state index is 12.4. The molecule has 2 atom stereocenters. The average Bonchev–Trinajstić information content (AvgIpc) is 3.21. The summed E-state index contributed by atoms with van der Waals surface area (Å²) in [6, 6.07) is 6.43. The van der Waals surface area contributed by atoms with Gasteiger partial charge in [-0.3, -0.25) is 9.48 Å². The maximum Gasteiger partial charge on any atom is 0.332 e. The number of benzene rings is 1. The van der Waals surface area contributed by atoms with Crippen LogP contribution >= 0.6 is 11.6 Å². The molecule has 0 saturated carbocycles. The molecule has 24 heavy (non-hydrogen) atoms. The second-order valence-corrected chi connectivity index (χ2v) is 6.47. The number of aromatic nitrogens is 2. The number of halogens is 1. The quantitative estimate of drug-likeness (QED) is 0.854. The molecule has 1 N–H and O–H groups in total. The fraction of sp³-hybridized carbons (Fsp3) is 0.312. The van der Waals surface area contributed by atoms with Gasteiger partial charge in [-0.05, 0) is 17.7 Å². The van der Waals surface area contributed by atoms with Crippen LogP contribution in [0.2, 0.25) is 5.02 Å². The summed E-state index contributed by atoms with van der Waals surface area (Å²) in [5, 5.41) is 14.5. The zero-order chi connectivity index (χ0) is 16.8. The molecule has 0 bridgehead atoms. The van der Waals surface area contributed by atoms with Crippen LogP contribution in [-0.4, -0.2) is 50.4 Å². The van der Waals surface area contributed by atoms with E-state index in [9.17, 15) is 14.7 Å². The highest BCUT2D eigenvalue weighted by atomic mass is 35.5. The van der Waals surface area contributed by atoms with Crippen LogP contribution < -0.4 is 4.90 Å². The Morgan fingerprint density at radius 1 is 1.25 bits per heavy atom. The summed E-state index contributed by atoms with van der Waals surface area (Å²) in [6.45, 7) is 0.712. The summed E-state index contributed by atoms with van der Waals surface area (Å²) >= 11 is 5.87. The third kappa shape index (κ3) is 2.46. The Morgan fingerprint density at radius 3 is 2.71 bits per heavy atom. The minimum absolute atomic E-state index is 0.199. The molecule has 2 aliphatic rings. The third-order valence-corrected chi connectivity index (χ3v) is 4.61. The van der Waals surface area contributed by atoms with E-state index in [1.165, 1.54) is 11.1 Å². The van der Waals surface area contributed by atoms with Gasteiger partial charge in [0, 0.05) is 24.2 Å². The Bertz CT molecular complexity index is 780. The third-order valence-electron chi connectivity index (χ3n) is 4.36. The van der Waals surface area contributed by atoms with E-state index in [-0.39, 0.29) is 12.5 Å². The minimum Gasteiger partial charge on any atom is -0.391 e. The minimum atomic E-state index is -0.627. The molecule has 1 aromatic carbocycles. The van der Waals surface area contributed by atoms with Gasteiger partial charge in [-0.15, -0.1) is 0 Å². The van der Waals surface area contributed by atoms with E-state index in [1.807, 2.05) is 12.1 Å². The number of amides is 3. The molecule has 2 aliphatic heterocycles. The first-order valence-corrected chi connectivity index (χ1v) is 8.00. The number of hydrogen-bond donors (Lipinski definition) is 1. The zero-order valence-electron chi connectivity index (χ0n) is 12.7. The van der Waals surface area contributed by atoms with Crippen molar-refractivity contribution in [2.24, 2.45) is 0 Å². The van der Waals surface area contributed by atoms with E-state index in [1.54, 1.807) is 23.0 Å². The highest BCUT2D eigenvalue weighted by molar-refractivity contribution is 6.30. The molecule has 3 heterocycles. The van der Waals surface area contributed by atoms with Gasteiger partial charge in [0.05, 0.1) is 24.5 Å². The van der Waals surface area contributed by atoms with Gasteiger partial charge in [-0.1, -0.05) is 23.7 Å². The van der Waals surface area contributed by atoms with E-state index in [0.717, 1.165) is 10.5 Å². The number of aliphatic hydroxyl groups excluding tert-OH is 1. The van der Waals surface area contributed by atoms with E-state index >= 15 is 0 Å². The van der Waals surface area contributed by atoms with E-state index in [4.69, 9.17) is 11.6 Å². The zero-order valence-corrected chi connectivity index (χ0v) is 13.4. The number of carbonyl (C=O) groups excluding carboxylic acids is 2. The molecule has 0 unspecified atom stereocenters. The van der Waals surface area contributed by atoms with Crippen LogP contribution in [0.15, 0.2) is 36.7 Å². The van der Waals surface area contributed by atoms with E-state index < -0.39 is 18.2 Å². The lowest BCUT2D eigenvalue weighted by Gasteiger charge is -2.14. The van der Waals surface area contributed by atoms with Gasteiger partial charge in [0.15, 0.2) is 0 Å². The van der Waals surface area contributed by atoms with Crippen molar-refractivity contribution in [3.8, 4) is 0 Å². The molecule has 2 saturated heterocycles. The van der Waals surface area contributed by atoms with Crippen molar-refractivity contribution in [2.45, 2.75) is 25.1 Å². The van der Waals surface area contributed by atoms with Crippen molar-refractivity contribution in [3.63, 3.8) is 0 Å². The van der Waals surface area contributed by atoms with Gasteiger partial charge in [0.2, 0.25) is 0 Å². The number of hydrogen-bond acceptors (Lipinski definition) is 4. The number of imide groups is 1. The lowest BCUT2D eigenvalue weighted by Crippen LogP contribution is -2.34. The molecule has 4 rings (SSSR count). The van der Waals surface area contributed by atoms with Crippen LogP contribution in [0.4, 0.5) is 10.5 Å². The molecule has 3 amide bonds. The first kappa shape index (κ1) is 15.2.